The van der Waals surface area contributed by atoms with E-state index in [2.05, 4.69) is 46.5 Å². The first-order valence-corrected chi connectivity index (χ1v) is 7.94. The molecule has 1 aliphatic heterocycles. The van der Waals surface area contributed by atoms with Crippen molar-refractivity contribution in [1.82, 2.24) is 14.7 Å². The quantitative estimate of drug-likeness (QED) is 0.915. The topological polar surface area (TPSA) is 33.1 Å². The van der Waals surface area contributed by atoms with Crippen molar-refractivity contribution in [2.75, 3.05) is 25.0 Å². The van der Waals surface area contributed by atoms with Crippen LogP contribution in [-0.4, -0.2) is 40.4 Å². The van der Waals surface area contributed by atoms with Crippen LogP contribution in [0.4, 0.5) is 5.69 Å². The summed E-state index contributed by atoms with van der Waals surface area (Å²) in [6.07, 6.45) is 7.49. The third kappa shape index (κ3) is 3.45. The molecule has 4 nitrogen and oxygen atoms in total. The number of aromatic nitrogens is 2. The van der Waals surface area contributed by atoms with E-state index in [0.717, 1.165) is 5.69 Å². The van der Waals surface area contributed by atoms with Gasteiger partial charge in [-0.3, -0.25) is 0 Å². The molecule has 0 spiro atoms. The maximum atomic E-state index is 4.35. The minimum Gasteiger partial charge on any atom is -0.380 e. The highest BCUT2D eigenvalue weighted by Gasteiger charge is 2.19. The van der Waals surface area contributed by atoms with Crippen LogP contribution in [0.1, 0.15) is 26.2 Å². The summed E-state index contributed by atoms with van der Waals surface area (Å²) in [5.74, 6) is 0. The Bertz CT molecular complexity index is 542. The lowest BCUT2D eigenvalue weighted by Gasteiger charge is -2.33. The number of hydrogen-bond acceptors (Lipinski definition) is 3. The summed E-state index contributed by atoms with van der Waals surface area (Å²) in [6.45, 7) is 5.89. The lowest BCUT2D eigenvalue weighted by atomic mass is 10.0. The fourth-order valence-corrected chi connectivity index (χ4v) is 3.04. The number of piperidine rings is 1. The van der Waals surface area contributed by atoms with E-state index in [-0.39, 0.29) is 0 Å². The van der Waals surface area contributed by atoms with Gasteiger partial charge in [-0.05, 0) is 44.0 Å². The van der Waals surface area contributed by atoms with E-state index in [1.54, 1.807) is 0 Å². The molecule has 1 saturated heterocycles. The van der Waals surface area contributed by atoms with E-state index in [1.807, 2.05) is 23.1 Å². The number of para-hydroxylation sites is 2. The van der Waals surface area contributed by atoms with Gasteiger partial charge in [0.05, 0.1) is 11.4 Å². The van der Waals surface area contributed by atoms with Gasteiger partial charge in [-0.2, -0.15) is 5.10 Å². The van der Waals surface area contributed by atoms with E-state index in [1.165, 1.54) is 44.6 Å². The van der Waals surface area contributed by atoms with E-state index >= 15 is 0 Å². The largest absolute Gasteiger partial charge is 0.380 e. The van der Waals surface area contributed by atoms with Crippen molar-refractivity contribution in [2.24, 2.45) is 0 Å². The number of benzene rings is 1. The fourth-order valence-electron chi connectivity index (χ4n) is 3.04. The van der Waals surface area contributed by atoms with Crippen molar-refractivity contribution < 1.29 is 0 Å². The van der Waals surface area contributed by atoms with Crippen molar-refractivity contribution >= 4 is 5.69 Å². The third-order valence-electron chi connectivity index (χ3n) is 4.14. The summed E-state index contributed by atoms with van der Waals surface area (Å²) in [5, 5.41) is 8.06. The molecule has 112 valence electrons. The van der Waals surface area contributed by atoms with Crippen LogP contribution in [0.2, 0.25) is 0 Å². The van der Waals surface area contributed by atoms with Gasteiger partial charge >= 0.3 is 0 Å². The first-order chi connectivity index (χ1) is 10.4. The zero-order chi connectivity index (χ0) is 14.5. The molecule has 0 radical (unpaired) electrons. The summed E-state index contributed by atoms with van der Waals surface area (Å²) in [6, 6.07) is 10.9. The second-order valence-electron chi connectivity index (χ2n) is 5.73. The van der Waals surface area contributed by atoms with Crippen LogP contribution in [-0.2, 0) is 0 Å². The normalized spacial score (nSPS) is 17.0. The van der Waals surface area contributed by atoms with E-state index in [4.69, 9.17) is 0 Å². The Morgan fingerprint density at radius 2 is 2.00 bits per heavy atom. The van der Waals surface area contributed by atoms with Crippen molar-refractivity contribution in [2.45, 2.75) is 32.2 Å². The molecule has 1 aromatic heterocycles. The van der Waals surface area contributed by atoms with Gasteiger partial charge in [0, 0.05) is 31.5 Å². The molecule has 3 rings (SSSR count). The first kappa shape index (κ1) is 14.1. The third-order valence-corrected chi connectivity index (χ3v) is 4.14. The maximum absolute atomic E-state index is 4.35. The van der Waals surface area contributed by atoms with Crippen molar-refractivity contribution in [1.29, 1.82) is 0 Å². The molecule has 0 aliphatic carbocycles. The van der Waals surface area contributed by atoms with Crippen LogP contribution >= 0.6 is 0 Å². The van der Waals surface area contributed by atoms with Gasteiger partial charge in [-0.15, -0.1) is 0 Å². The Kier molecular flexibility index (Phi) is 4.55. The minimum atomic E-state index is 0.565. The molecule has 0 atom stereocenters. The first-order valence-electron chi connectivity index (χ1n) is 7.94. The fraction of sp³-hybridized carbons (Fsp3) is 0.471. The van der Waals surface area contributed by atoms with Crippen LogP contribution in [0.5, 0.6) is 0 Å². The minimum absolute atomic E-state index is 0.565. The highest BCUT2D eigenvalue weighted by molar-refractivity contribution is 5.61. The number of nitrogens with one attached hydrogen (secondary N) is 1. The summed E-state index contributed by atoms with van der Waals surface area (Å²) in [7, 11) is 0. The van der Waals surface area contributed by atoms with Crippen LogP contribution in [0, 0.1) is 0 Å². The number of nitrogens with zero attached hydrogens (tertiary/aromatic N) is 3. The lowest BCUT2D eigenvalue weighted by molar-refractivity contribution is 0.219. The Balaban J connectivity index is 1.66. The molecule has 21 heavy (non-hydrogen) atoms. The number of likely N-dealkylation sites (tertiary alicyclic amines) is 1. The molecular formula is C17H24N4. The van der Waals surface area contributed by atoms with Gasteiger partial charge in [0.15, 0.2) is 0 Å². The molecule has 0 saturated carbocycles. The van der Waals surface area contributed by atoms with Gasteiger partial charge in [0.25, 0.3) is 0 Å². The standard InChI is InChI=1S/C17H24N4/c1-2-11-20-13-8-15(9-14-20)19-16-6-3-4-7-17(16)21-12-5-10-18-21/h3-7,10,12,15,19H,2,8-9,11,13-14H2,1H3. The molecule has 2 heterocycles. The van der Waals surface area contributed by atoms with Gasteiger partial charge in [0.1, 0.15) is 0 Å². The van der Waals surface area contributed by atoms with Crippen LogP contribution in [0.3, 0.4) is 0 Å². The molecule has 0 bridgehead atoms. The molecule has 2 aromatic rings. The Morgan fingerprint density at radius 3 is 2.71 bits per heavy atom. The molecule has 1 fully saturated rings. The summed E-state index contributed by atoms with van der Waals surface area (Å²) in [5.41, 5.74) is 2.30. The predicted octanol–water partition coefficient (Wildman–Crippen LogP) is 3.16. The second kappa shape index (κ2) is 6.76. The molecule has 1 aromatic carbocycles. The average molecular weight is 284 g/mol. The molecule has 4 heteroatoms. The highest BCUT2D eigenvalue weighted by Crippen LogP contribution is 2.23. The zero-order valence-corrected chi connectivity index (χ0v) is 12.7. The Labute approximate surface area is 126 Å². The van der Waals surface area contributed by atoms with Gasteiger partial charge in [-0.1, -0.05) is 19.1 Å². The summed E-state index contributed by atoms with van der Waals surface area (Å²) < 4.78 is 1.93. The van der Waals surface area contributed by atoms with E-state index in [9.17, 15) is 0 Å². The monoisotopic (exact) mass is 284 g/mol. The summed E-state index contributed by atoms with van der Waals surface area (Å²) >= 11 is 0. The SMILES string of the molecule is CCCN1CCC(Nc2ccccc2-n2cccn2)CC1. The van der Waals surface area contributed by atoms with Crippen molar-refractivity contribution in [3.8, 4) is 5.69 Å². The zero-order valence-electron chi connectivity index (χ0n) is 12.7. The average Bonchev–Trinajstić information content (AvgIpc) is 3.04. The highest BCUT2D eigenvalue weighted by atomic mass is 15.3. The predicted molar refractivity (Wildman–Crippen MR) is 86.9 cm³/mol. The second-order valence-corrected chi connectivity index (χ2v) is 5.73. The van der Waals surface area contributed by atoms with Crippen LogP contribution < -0.4 is 5.32 Å². The van der Waals surface area contributed by atoms with E-state index < -0.39 is 0 Å². The van der Waals surface area contributed by atoms with Gasteiger partial charge in [-0.25, -0.2) is 4.68 Å². The van der Waals surface area contributed by atoms with Crippen LogP contribution in [0.25, 0.3) is 5.69 Å². The van der Waals surface area contributed by atoms with Crippen LogP contribution in [0.15, 0.2) is 42.7 Å². The summed E-state index contributed by atoms with van der Waals surface area (Å²) in [4.78, 5) is 2.57. The maximum Gasteiger partial charge on any atom is 0.0876 e. The lowest BCUT2D eigenvalue weighted by Crippen LogP contribution is -2.39. The molecule has 0 amide bonds. The molecule has 1 aliphatic rings. The van der Waals surface area contributed by atoms with Gasteiger partial charge in [0.2, 0.25) is 0 Å². The Morgan fingerprint density at radius 1 is 1.19 bits per heavy atom. The number of rotatable bonds is 5. The van der Waals surface area contributed by atoms with Gasteiger partial charge < -0.3 is 10.2 Å². The smallest absolute Gasteiger partial charge is 0.0876 e. The van der Waals surface area contributed by atoms with E-state index in [0.29, 0.717) is 6.04 Å². The number of anilines is 1. The molecule has 1 N–H and O–H groups in total. The molecule has 0 unspecified atom stereocenters. The molecular weight excluding hydrogens is 260 g/mol. The van der Waals surface area contributed by atoms with Crippen molar-refractivity contribution in [3.63, 3.8) is 0 Å². The Hall–Kier alpha value is -1.81. The van der Waals surface area contributed by atoms with Crippen molar-refractivity contribution in [3.05, 3.63) is 42.7 Å². The number of hydrogen-bond donors (Lipinski definition) is 1.